The first kappa shape index (κ1) is 20.5. The van der Waals surface area contributed by atoms with E-state index in [1.807, 2.05) is 6.92 Å². The lowest BCUT2D eigenvalue weighted by Crippen LogP contribution is -2.61. The summed E-state index contributed by atoms with van der Waals surface area (Å²) < 4.78 is 72.5. The minimum absolute atomic E-state index is 0.0520. The smallest absolute Gasteiger partial charge is 0.419 e. The molecule has 1 aromatic heterocycles. The maximum Gasteiger partial charge on any atom is 0.419 e. The molecule has 0 saturated heterocycles. The van der Waals surface area contributed by atoms with Crippen LogP contribution in [0.3, 0.4) is 0 Å². The number of ether oxygens (including phenoxy) is 1. The summed E-state index contributed by atoms with van der Waals surface area (Å²) in [5.74, 6) is -1.75. The van der Waals surface area contributed by atoms with E-state index in [9.17, 15) is 22.0 Å². The molecule has 1 saturated carbocycles. The van der Waals surface area contributed by atoms with Gasteiger partial charge in [-0.05, 0) is 61.5 Å². The Kier molecular flexibility index (Phi) is 5.13. The van der Waals surface area contributed by atoms with Crippen molar-refractivity contribution in [1.29, 1.82) is 0 Å². The fourth-order valence-corrected chi connectivity index (χ4v) is 3.72. The quantitative estimate of drug-likeness (QED) is 0.542. The van der Waals surface area contributed by atoms with Crippen LogP contribution in [-0.2, 0) is 12.7 Å². The molecule has 1 N–H and O–H groups in total. The number of alkyl halides is 3. The van der Waals surface area contributed by atoms with Gasteiger partial charge in [-0.2, -0.15) is 13.2 Å². The molecule has 2 atom stereocenters. The number of nitrogens with zero attached hydrogens (tertiary/aromatic N) is 1. The Labute approximate surface area is 169 Å². The van der Waals surface area contributed by atoms with Crippen molar-refractivity contribution < 1.29 is 26.7 Å². The number of fused-ring (bicyclic) bond motifs is 1. The van der Waals surface area contributed by atoms with Crippen molar-refractivity contribution >= 4 is 10.8 Å². The molecule has 0 unspecified atom stereocenters. The van der Waals surface area contributed by atoms with Crippen molar-refractivity contribution in [1.82, 2.24) is 10.3 Å². The first-order valence-corrected chi connectivity index (χ1v) is 9.47. The van der Waals surface area contributed by atoms with Crippen molar-refractivity contribution in [2.75, 3.05) is 0 Å². The van der Waals surface area contributed by atoms with Gasteiger partial charge in [0.2, 0.25) is 0 Å². The summed E-state index contributed by atoms with van der Waals surface area (Å²) in [6, 6.07) is 7.39. The summed E-state index contributed by atoms with van der Waals surface area (Å²) in [6.07, 6.45) is -0.658. The molecule has 3 nitrogen and oxygen atoms in total. The molecule has 1 aliphatic carbocycles. The van der Waals surface area contributed by atoms with Gasteiger partial charge in [0.1, 0.15) is 23.5 Å². The van der Waals surface area contributed by atoms with Gasteiger partial charge in [0.15, 0.2) is 0 Å². The zero-order valence-electron chi connectivity index (χ0n) is 16.1. The highest BCUT2D eigenvalue weighted by Gasteiger charge is 2.45. The number of nitrogens with one attached hydrogen (secondary N) is 1. The predicted molar refractivity (Wildman–Crippen MR) is 102 cm³/mol. The normalized spacial score (nSPS) is 21.5. The van der Waals surface area contributed by atoms with Crippen LogP contribution in [0.2, 0.25) is 0 Å². The van der Waals surface area contributed by atoms with Gasteiger partial charge >= 0.3 is 6.18 Å². The fourth-order valence-electron chi connectivity index (χ4n) is 3.72. The van der Waals surface area contributed by atoms with Crippen LogP contribution in [0, 0.1) is 11.6 Å². The van der Waals surface area contributed by atoms with Crippen molar-refractivity contribution in [2.24, 2.45) is 0 Å². The van der Waals surface area contributed by atoms with E-state index in [1.54, 1.807) is 24.5 Å². The molecule has 3 aromatic rings. The Morgan fingerprint density at radius 1 is 1.13 bits per heavy atom. The zero-order valence-corrected chi connectivity index (χ0v) is 16.1. The molecule has 8 heteroatoms. The van der Waals surface area contributed by atoms with Gasteiger partial charge in [-0.1, -0.05) is 0 Å². The Morgan fingerprint density at radius 2 is 1.90 bits per heavy atom. The Balaban J connectivity index is 1.50. The van der Waals surface area contributed by atoms with Crippen molar-refractivity contribution in [3.05, 3.63) is 71.6 Å². The molecule has 0 radical (unpaired) electrons. The van der Waals surface area contributed by atoms with Crippen molar-refractivity contribution in [2.45, 2.75) is 44.1 Å². The third kappa shape index (κ3) is 3.84. The number of rotatable bonds is 5. The van der Waals surface area contributed by atoms with E-state index in [1.165, 1.54) is 12.1 Å². The van der Waals surface area contributed by atoms with Crippen LogP contribution >= 0.6 is 0 Å². The summed E-state index contributed by atoms with van der Waals surface area (Å²) in [7, 11) is 0. The monoisotopic (exact) mass is 422 g/mol. The van der Waals surface area contributed by atoms with Crippen LogP contribution in [0.5, 0.6) is 5.75 Å². The van der Waals surface area contributed by atoms with Crippen LogP contribution in [0.4, 0.5) is 22.0 Å². The second-order valence-electron chi connectivity index (χ2n) is 7.68. The topological polar surface area (TPSA) is 34.2 Å². The summed E-state index contributed by atoms with van der Waals surface area (Å²) in [5, 5.41) is 4.84. The summed E-state index contributed by atoms with van der Waals surface area (Å²) in [4.78, 5) is 4.04. The Morgan fingerprint density at radius 3 is 2.60 bits per heavy atom. The number of hydrogen-bond donors (Lipinski definition) is 1. The molecule has 1 fully saturated rings. The number of aromatic nitrogens is 1. The maximum absolute atomic E-state index is 14.4. The maximum atomic E-state index is 14.4. The van der Waals surface area contributed by atoms with E-state index in [2.05, 4.69) is 10.3 Å². The lowest BCUT2D eigenvalue weighted by atomic mass is 9.75. The molecule has 0 aliphatic heterocycles. The highest BCUT2D eigenvalue weighted by molar-refractivity contribution is 5.84. The van der Waals surface area contributed by atoms with Crippen LogP contribution in [-0.4, -0.2) is 16.6 Å². The van der Waals surface area contributed by atoms with Gasteiger partial charge in [0.25, 0.3) is 0 Å². The second kappa shape index (κ2) is 7.50. The summed E-state index contributed by atoms with van der Waals surface area (Å²) in [5.41, 5.74) is -1.43. The average molecular weight is 422 g/mol. The molecule has 2 aromatic carbocycles. The highest BCUT2D eigenvalue weighted by Crippen LogP contribution is 2.38. The molecular formula is C22H19F5N2O. The van der Waals surface area contributed by atoms with E-state index >= 15 is 0 Å². The molecule has 4 rings (SSSR count). The fraction of sp³-hybridized carbons (Fsp3) is 0.318. The SMILES string of the molecule is C[C@@]1(NCc2c(F)ccc3cnccc23)CC[C@H]1Oc1ccc(F)c(C(F)(F)F)c1. The van der Waals surface area contributed by atoms with Crippen LogP contribution in [0.25, 0.3) is 10.8 Å². The molecule has 30 heavy (non-hydrogen) atoms. The summed E-state index contributed by atoms with van der Waals surface area (Å²) in [6.45, 7) is 2.10. The van der Waals surface area contributed by atoms with E-state index in [4.69, 9.17) is 4.74 Å². The van der Waals surface area contributed by atoms with Crippen LogP contribution in [0.15, 0.2) is 48.8 Å². The molecule has 1 aliphatic rings. The molecular weight excluding hydrogens is 403 g/mol. The number of benzene rings is 2. The van der Waals surface area contributed by atoms with Crippen molar-refractivity contribution in [3.8, 4) is 5.75 Å². The van der Waals surface area contributed by atoms with Gasteiger partial charge in [0.05, 0.1) is 11.1 Å². The first-order valence-electron chi connectivity index (χ1n) is 9.47. The molecule has 0 bridgehead atoms. The highest BCUT2D eigenvalue weighted by atomic mass is 19.4. The predicted octanol–water partition coefficient (Wildman–Crippen LogP) is 5.62. The second-order valence-corrected chi connectivity index (χ2v) is 7.68. The van der Waals surface area contributed by atoms with Crippen molar-refractivity contribution in [3.63, 3.8) is 0 Å². The standard InChI is InChI=1S/C22H19F5N2O/c1-21(29-12-16-15-7-9-28-11-13(15)2-4-18(16)23)8-6-20(21)30-14-3-5-19(24)17(10-14)22(25,26)27/h2-5,7,9-11,20,29H,6,8,12H2,1H3/t20-,21-/m1/s1. The lowest BCUT2D eigenvalue weighted by molar-refractivity contribution is -0.140. The van der Waals surface area contributed by atoms with E-state index < -0.39 is 29.2 Å². The first-order chi connectivity index (χ1) is 14.2. The van der Waals surface area contributed by atoms with Gasteiger partial charge < -0.3 is 10.1 Å². The van der Waals surface area contributed by atoms with Gasteiger partial charge in [-0.25, -0.2) is 8.78 Å². The average Bonchev–Trinajstić information content (AvgIpc) is 2.70. The molecule has 0 amide bonds. The lowest BCUT2D eigenvalue weighted by Gasteiger charge is -2.47. The number of halogens is 5. The van der Waals surface area contributed by atoms with Gasteiger partial charge in [-0.15, -0.1) is 0 Å². The number of hydrogen-bond acceptors (Lipinski definition) is 3. The minimum atomic E-state index is -4.80. The Hall–Kier alpha value is -2.74. The molecule has 1 heterocycles. The third-order valence-corrected chi connectivity index (χ3v) is 5.70. The van der Waals surface area contributed by atoms with E-state index in [-0.39, 0.29) is 18.1 Å². The largest absolute Gasteiger partial charge is 0.489 e. The number of pyridine rings is 1. The van der Waals surface area contributed by atoms with Gasteiger partial charge in [-0.3, -0.25) is 4.98 Å². The van der Waals surface area contributed by atoms with Crippen LogP contribution < -0.4 is 10.1 Å². The van der Waals surface area contributed by atoms with E-state index in [0.29, 0.717) is 24.5 Å². The summed E-state index contributed by atoms with van der Waals surface area (Å²) >= 11 is 0. The zero-order chi connectivity index (χ0) is 21.5. The van der Waals surface area contributed by atoms with Crippen LogP contribution in [0.1, 0.15) is 30.9 Å². The van der Waals surface area contributed by atoms with E-state index in [0.717, 1.165) is 16.8 Å². The van der Waals surface area contributed by atoms with Gasteiger partial charge in [0, 0.05) is 29.9 Å². The molecule has 158 valence electrons. The third-order valence-electron chi connectivity index (χ3n) is 5.70. The Bertz CT molecular complexity index is 1080. The molecule has 0 spiro atoms. The minimum Gasteiger partial charge on any atom is -0.489 e.